The van der Waals surface area contributed by atoms with Gasteiger partial charge in [0.2, 0.25) is 5.91 Å². The number of carbonyl (C=O) groups is 1. The van der Waals surface area contributed by atoms with Crippen LogP contribution < -0.4 is 5.32 Å². The molecule has 0 aromatic heterocycles. The first kappa shape index (κ1) is 69.7. The van der Waals surface area contributed by atoms with Crippen molar-refractivity contribution in [2.45, 2.75) is 365 Å². The molecule has 7 unspecified atom stereocenters. The van der Waals surface area contributed by atoms with Crippen LogP contribution in [0.3, 0.4) is 0 Å². The second-order valence-electron chi connectivity index (χ2n) is 22.6. The minimum absolute atomic E-state index is 0.135. The molecule has 0 aromatic rings. The number of amides is 1. The van der Waals surface area contributed by atoms with Gasteiger partial charge in [-0.25, -0.2) is 0 Å². The Balaban J connectivity index is 2.15. The van der Waals surface area contributed by atoms with Crippen molar-refractivity contribution >= 4 is 5.91 Å². The molecule has 0 radical (unpaired) electrons. The molecule has 1 aliphatic rings. The van der Waals surface area contributed by atoms with E-state index in [0.717, 1.165) is 44.9 Å². The lowest BCUT2D eigenvalue weighted by Gasteiger charge is -2.40. The third-order valence-corrected chi connectivity index (χ3v) is 15.6. The summed E-state index contributed by atoms with van der Waals surface area (Å²) in [7, 11) is 0. The minimum atomic E-state index is -1.55. The molecule has 1 aliphatic heterocycles. The fourth-order valence-electron chi connectivity index (χ4n) is 10.5. The summed E-state index contributed by atoms with van der Waals surface area (Å²) < 4.78 is 11.4. The monoisotopic (exact) mass is 1030 g/mol. The van der Waals surface area contributed by atoms with Gasteiger partial charge in [0.05, 0.1) is 25.4 Å². The highest BCUT2D eigenvalue weighted by molar-refractivity contribution is 5.76. The lowest BCUT2D eigenvalue weighted by molar-refractivity contribution is -0.302. The number of aliphatic hydroxyl groups is 5. The molecule has 0 saturated carbocycles. The summed E-state index contributed by atoms with van der Waals surface area (Å²) in [5, 5.41) is 54.8. The molecule has 6 N–H and O–H groups in total. The first-order valence-electron chi connectivity index (χ1n) is 32.0. The van der Waals surface area contributed by atoms with Crippen LogP contribution in [0.25, 0.3) is 0 Å². The van der Waals surface area contributed by atoms with Crippen molar-refractivity contribution < 1.29 is 39.8 Å². The number of rotatable bonds is 56. The summed E-state index contributed by atoms with van der Waals surface area (Å²) in [6, 6.07) is -0.719. The number of carbonyl (C=O) groups excluding carboxylic acids is 1. The van der Waals surface area contributed by atoms with Crippen LogP contribution in [0.2, 0.25) is 0 Å². The first-order valence-corrected chi connectivity index (χ1v) is 32.0. The number of hydrogen-bond acceptors (Lipinski definition) is 8. The van der Waals surface area contributed by atoms with Crippen molar-refractivity contribution in [2.24, 2.45) is 0 Å². The fraction of sp³-hybridized carbons (Fsp3) is 0.922. The molecule has 432 valence electrons. The largest absolute Gasteiger partial charge is 0.394 e. The van der Waals surface area contributed by atoms with E-state index in [9.17, 15) is 30.3 Å². The normalized spacial score (nSPS) is 19.1. The summed E-state index contributed by atoms with van der Waals surface area (Å²) in [5.74, 6) is -0.140. The lowest BCUT2D eigenvalue weighted by atomic mass is 9.99. The Bertz CT molecular complexity index is 1200. The van der Waals surface area contributed by atoms with E-state index in [2.05, 4.69) is 43.5 Å². The zero-order valence-corrected chi connectivity index (χ0v) is 48.2. The lowest BCUT2D eigenvalue weighted by Crippen LogP contribution is -2.60. The molecule has 73 heavy (non-hydrogen) atoms. The Kier molecular flexibility index (Phi) is 51.6. The Morgan fingerprint density at radius 2 is 0.808 bits per heavy atom. The predicted molar refractivity (Wildman–Crippen MR) is 309 cm³/mol. The highest BCUT2D eigenvalue weighted by Gasteiger charge is 2.44. The standard InChI is InChI=1S/C64H123NO8/c1-3-5-7-9-11-13-15-17-19-21-23-25-27-29-31-33-35-37-39-41-43-45-47-49-51-53-58(67)57(56-72-64-63(71)62(70)61(69)59(55-66)73-64)65-60(68)54-52-50-48-46-44-42-40-38-36-34-32-30-28-26-24-22-20-18-16-14-12-10-8-6-4-2/h16,18,22,24,57-59,61-64,66-67,69-71H,3-15,17,19-21,23,25-56H2,1-2H3,(H,65,68)/b18-16-,24-22-. The first-order chi connectivity index (χ1) is 35.8. The fourth-order valence-corrected chi connectivity index (χ4v) is 10.5. The van der Waals surface area contributed by atoms with Crippen molar-refractivity contribution in [3.8, 4) is 0 Å². The second-order valence-corrected chi connectivity index (χ2v) is 22.6. The SMILES string of the molecule is CCCCCCC/C=C\C/C=C\CCCCCCCCCCCCCCCC(=O)NC(COC1OC(CO)C(O)C(O)C1O)C(O)CCCCCCCCCCCCCCCCCCCCCCCCCCC. The van der Waals surface area contributed by atoms with Crippen LogP contribution in [0.1, 0.15) is 322 Å². The van der Waals surface area contributed by atoms with Gasteiger partial charge in [0.15, 0.2) is 6.29 Å². The molecule has 9 heteroatoms. The van der Waals surface area contributed by atoms with Crippen LogP contribution in [-0.2, 0) is 14.3 Å². The average Bonchev–Trinajstić information content (AvgIpc) is 3.39. The van der Waals surface area contributed by atoms with E-state index in [1.54, 1.807) is 0 Å². The number of aliphatic hydroxyl groups excluding tert-OH is 5. The van der Waals surface area contributed by atoms with Crippen molar-refractivity contribution in [3.63, 3.8) is 0 Å². The Morgan fingerprint density at radius 1 is 0.466 bits per heavy atom. The van der Waals surface area contributed by atoms with Crippen LogP contribution in [0.15, 0.2) is 24.3 Å². The van der Waals surface area contributed by atoms with Crippen LogP contribution >= 0.6 is 0 Å². The quantitative estimate of drug-likeness (QED) is 0.0261. The van der Waals surface area contributed by atoms with Crippen molar-refractivity contribution in [3.05, 3.63) is 24.3 Å². The zero-order chi connectivity index (χ0) is 52.9. The van der Waals surface area contributed by atoms with Gasteiger partial charge in [-0.2, -0.15) is 0 Å². The number of nitrogens with one attached hydrogen (secondary N) is 1. The highest BCUT2D eigenvalue weighted by Crippen LogP contribution is 2.24. The topological polar surface area (TPSA) is 149 Å². The predicted octanol–water partition coefficient (Wildman–Crippen LogP) is 16.5. The Morgan fingerprint density at radius 3 is 1.18 bits per heavy atom. The van der Waals surface area contributed by atoms with Crippen molar-refractivity contribution in [1.29, 1.82) is 0 Å². The van der Waals surface area contributed by atoms with Crippen LogP contribution in [0.4, 0.5) is 0 Å². The minimum Gasteiger partial charge on any atom is -0.394 e. The summed E-state index contributed by atoms with van der Waals surface area (Å²) in [6.07, 6.45) is 62.2. The summed E-state index contributed by atoms with van der Waals surface area (Å²) in [4.78, 5) is 13.1. The molecule has 1 heterocycles. The average molecular weight is 1030 g/mol. The molecule has 1 rings (SSSR count). The molecule has 1 amide bonds. The van der Waals surface area contributed by atoms with Crippen LogP contribution in [0.5, 0.6) is 0 Å². The van der Waals surface area contributed by atoms with E-state index in [4.69, 9.17) is 9.47 Å². The smallest absolute Gasteiger partial charge is 0.220 e. The number of allylic oxidation sites excluding steroid dienone is 4. The van der Waals surface area contributed by atoms with Crippen molar-refractivity contribution in [1.82, 2.24) is 5.32 Å². The van der Waals surface area contributed by atoms with Gasteiger partial charge in [-0.1, -0.05) is 295 Å². The molecule has 1 saturated heterocycles. The molecule has 9 nitrogen and oxygen atoms in total. The van der Waals surface area contributed by atoms with Crippen LogP contribution in [0, 0.1) is 0 Å². The number of unbranched alkanes of at least 4 members (excludes halogenated alkanes) is 42. The van der Waals surface area contributed by atoms with E-state index < -0.39 is 49.5 Å². The van der Waals surface area contributed by atoms with Crippen LogP contribution in [-0.4, -0.2) is 87.5 Å². The Labute approximate surface area is 451 Å². The van der Waals surface area contributed by atoms with Gasteiger partial charge in [-0.05, 0) is 44.9 Å². The third kappa shape index (κ3) is 43.4. The highest BCUT2D eigenvalue weighted by atomic mass is 16.7. The number of hydrogen-bond donors (Lipinski definition) is 6. The maximum atomic E-state index is 13.1. The van der Waals surface area contributed by atoms with Gasteiger partial charge in [0, 0.05) is 6.42 Å². The second kappa shape index (κ2) is 54.0. The van der Waals surface area contributed by atoms with Gasteiger partial charge in [-0.15, -0.1) is 0 Å². The Hall–Kier alpha value is -1.33. The molecule has 0 bridgehead atoms. The zero-order valence-electron chi connectivity index (χ0n) is 48.2. The summed E-state index contributed by atoms with van der Waals surface area (Å²) in [5.41, 5.74) is 0. The van der Waals surface area contributed by atoms with E-state index >= 15 is 0 Å². The molecule has 0 spiro atoms. The van der Waals surface area contributed by atoms with Gasteiger partial charge in [0.25, 0.3) is 0 Å². The maximum absolute atomic E-state index is 13.1. The van der Waals surface area contributed by atoms with E-state index in [0.29, 0.717) is 12.8 Å². The molecule has 0 aliphatic carbocycles. The van der Waals surface area contributed by atoms with Crippen molar-refractivity contribution in [2.75, 3.05) is 13.2 Å². The molecule has 7 atom stereocenters. The van der Waals surface area contributed by atoms with Gasteiger partial charge in [0.1, 0.15) is 24.4 Å². The van der Waals surface area contributed by atoms with E-state index in [1.807, 2.05) is 0 Å². The molecule has 0 aromatic carbocycles. The van der Waals surface area contributed by atoms with E-state index in [-0.39, 0.29) is 12.5 Å². The summed E-state index contributed by atoms with van der Waals surface area (Å²) in [6.45, 7) is 3.87. The van der Waals surface area contributed by atoms with Gasteiger partial charge >= 0.3 is 0 Å². The summed E-state index contributed by atoms with van der Waals surface area (Å²) >= 11 is 0. The maximum Gasteiger partial charge on any atom is 0.220 e. The van der Waals surface area contributed by atoms with Gasteiger partial charge in [-0.3, -0.25) is 4.79 Å². The molecule has 1 fully saturated rings. The van der Waals surface area contributed by atoms with Gasteiger partial charge < -0.3 is 40.3 Å². The number of ether oxygens (including phenoxy) is 2. The molecular formula is C64H123NO8. The molecular weight excluding hydrogens is 911 g/mol. The van der Waals surface area contributed by atoms with E-state index in [1.165, 1.54) is 250 Å². The third-order valence-electron chi connectivity index (χ3n) is 15.6.